The summed E-state index contributed by atoms with van der Waals surface area (Å²) in [5.74, 6) is 1.15. The van der Waals surface area contributed by atoms with E-state index in [2.05, 4.69) is 0 Å². The Morgan fingerprint density at radius 2 is 1.71 bits per heavy atom. The standard InChI is InChI=1S/C19H19NO4/c1-23-17-10-14-8-9-20(13-22)19(12-21,15-6-4-3-5-7-15)16(14)11-18(17)24-2/h3-7,10-13H,8-9H2,1-2H3/t19-/m0/s1. The molecule has 1 amide bonds. The van der Waals surface area contributed by atoms with Gasteiger partial charge in [-0.15, -0.1) is 0 Å². The number of hydrogen-bond donors (Lipinski definition) is 0. The van der Waals surface area contributed by atoms with Crippen molar-refractivity contribution in [2.24, 2.45) is 0 Å². The van der Waals surface area contributed by atoms with E-state index < -0.39 is 5.54 Å². The van der Waals surface area contributed by atoms with Crippen LogP contribution < -0.4 is 9.47 Å². The number of nitrogens with zero attached hydrogens (tertiary/aromatic N) is 1. The van der Waals surface area contributed by atoms with Crippen LogP contribution in [0.15, 0.2) is 42.5 Å². The largest absolute Gasteiger partial charge is 0.493 e. The summed E-state index contributed by atoms with van der Waals surface area (Å²) in [5.41, 5.74) is 1.32. The van der Waals surface area contributed by atoms with E-state index in [9.17, 15) is 9.59 Å². The molecule has 1 aliphatic rings. The molecule has 2 aromatic carbocycles. The third-order valence-electron chi connectivity index (χ3n) is 4.61. The second-order valence-electron chi connectivity index (χ2n) is 5.66. The van der Waals surface area contributed by atoms with Gasteiger partial charge in [0.25, 0.3) is 0 Å². The zero-order valence-corrected chi connectivity index (χ0v) is 13.7. The lowest BCUT2D eigenvalue weighted by Crippen LogP contribution is -2.52. The Morgan fingerprint density at radius 1 is 1.04 bits per heavy atom. The minimum Gasteiger partial charge on any atom is -0.493 e. The summed E-state index contributed by atoms with van der Waals surface area (Å²) in [4.78, 5) is 25.5. The fourth-order valence-corrected chi connectivity index (χ4v) is 3.40. The normalized spacial score (nSPS) is 19.3. The lowest BCUT2D eigenvalue weighted by molar-refractivity contribution is -0.130. The molecule has 2 aromatic rings. The van der Waals surface area contributed by atoms with E-state index in [4.69, 9.17) is 9.47 Å². The minimum absolute atomic E-state index is 0.458. The van der Waals surface area contributed by atoms with Crippen molar-refractivity contribution < 1.29 is 19.1 Å². The third kappa shape index (κ3) is 2.24. The van der Waals surface area contributed by atoms with Crippen LogP contribution in [-0.4, -0.2) is 38.4 Å². The van der Waals surface area contributed by atoms with Crippen molar-refractivity contribution in [3.63, 3.8) is 0 Å². The van der Waals surface area contributed by atoms with E-state index in [1.54, 1.807) is 25.2 Å². The molecule has 0 saturated carbocycles. The smallest absolute Gasteiger partial charge is 0.211 e. The quantitative estimate of drug-likeness (QED) is 0.791. The van der Waals surface area contributed by atoms with Crippen LogP contribution in [0.4, 0.5) is 0 Å². The molecule has 0 saturated heterocycles. The van der Waals surface area contributed by atoms with E-state index in [0.29, 0.717) is 24.5 Å². The Morgan fingerprint density at radius 3 is 2.29 bits per heavy atom. The van der Waals surface area contributed by atoms with Crippen molar-refractivity contribution in [2.45, 2.75) is 12.0 Å². The van der Waals surface area contributed by atoms with E-state index >= 15 is 0 Å². The maximum atomic E-state index is 12.3. The maximum absolute atomic E-state index is 12.3. The summed E-state index contributed by atoms with van der Waals surface area (Å²) in [6, 6.07) is 13.0. The average molecular weight is 325 g/mol. The highest BCUT2D eigenvalue weighted by atomic mass is 16.5. The fraction of sp³-hybridized carbons (Fsp3) is 0.263. The van der Waals surface area contributed by atoms with Crippen LogP contribution in [0.2, 0.25) is 0 Å². The predicted molar refractivity (Wildman–Crippen MR) is 89.3 cm³/mol. The van der Waals surface area contributed by atoms with E-state index in [0.717, 1.165) is 29.4 Å². The topological polar surface area (TPSA) is 55.8 Å². The first kappa shape index (κ1) is 16.1. The summed E-state index contributed by atoms with van der Waals surface area (Å²) in [6.07, 6.45) is 2.22. The molecule has 5 heteroatoms. The number of rotatable bonds is 5. The highest BCUT2D eigenvalue weighted by Gasteiger charge is 2.44. The summed E-state index contributed by atoms with van der Waals surface area (Å²) >= 11 is 0. The zero-order chi connectivity index (χ0) is 17.2. The highest BCUT2D eigenvalue weighted by Crippen LogP contribution is 2.43. The van der Waals surface area contributed by atoms with Crippen LogP contribution in [0.5, 0.6) is 11.5 Å². The lowest BCUT2D eigenvalue weighted by Gasteiger charge is -2.43. The Balaban J connectivity index is 2.32. The van der Waals surface area contributed by atoms with Crippen LogP contribution >= 0.6 is 0 Å². The number of amides is 1. The summed E-state index contributed by atoms with van der Waals surface area (Å²) in [6.45, 7) is 0.458. The molecule has 124 valence electrons. The first-order valence-corrected chi connectivity index (χ1v) is 7.70. The molecule has 0 aromatic heterocycles. The molecular formula is C19H19NO4. The number of carbonyl (C=O) groups is 2. The molecule has 0 radical (unpaired) electrons. The molecule has 5 nitrogen and oxygen atoms in total. The fourth-order valence-electron chi connectivity index (χ4n) is 3.40. The van der Waals surface area contributed by atoms with Crippen LogP contribution in [0.25, 0.3) is 0 Å². The van der Waals surface area contributed by atoms with Crippen LogP contribution in [-0.2, 0) is 21.5 Å². The van der Waals surface area contributed by atoms with Gasteiger partial charge in [0.1, 0.15) is 5.54 Å². The number of carbonyl (C=O) groups excluding carboxylic acids is 2. The molecule has 0 bridgehead atoms. The molecule has 0 unspecified atom stereocenters. The van der Waals surface area contributed by atoms with E-state index in [1.165, 1.54) is 0 Å². The van der Waals surface area contributed by atoms with Gasteiger partial charge in [0.2, 0.25) is 6.41 Å². The van der Waals surface area contributed by atoms with Gasteiger partial charge in [0, 0.05) is 6.54 Å². The van der Waals surface area contributed by atoms with Gasteiger partial charge in [-0.05, 0) is 35.2 Å². The Labute approximate surface area is 140 Å². The van der Waals surface area contributed by atoms with Crippen LogP contribution in [0, 0.1) is 0 Å². The maximum Gasteiger partial charge on any atom is 0.211 e. The first-order valence-electron chi connectivity index (χ1n) is 7.70. The van der Waals surface area contributed by atoms with Crippen molar-refractivity contribution in [3.8, 4) is 11.5 Å². The first-order chi connectivity index (χ1) is 11.7. The number of fused-ring (bicyclic) bond motifs is 1. The van der Waals surface area contributed by atoms with Gasteiger partial charge < -0.3 is 14.4 Å². The number of methoxy groups -OCH3 is 2. The molecule has 1 heterocycles. The van der Waals surface area contributed by atoms with E-state index in [-0.39, 0.29) is 0 Å². The summed E-state index contributed by atoms with van der Waals surface area (Å²) in [5, 5.41) is 0. The van der Waals surface area contributed by atoms with Gasteiger partial charge in [-0.3, -0.25) is 9.59 Å². The average Bonchev–Trinajstić information content (AvgIpc) is 2.66. The van der Waals surface area contributed by atoms with Crippen molar-refractivity contribution in [1.29, 1.82) is 0 Å². The number of hydrogen-bond acceptors (Lipinski definition) is 4. The van der Waals surface area contributed by atoms with Gasteiger partial charge in [0.15, 0.2) is 17.8 Å². The van der Waals surface area contributed by atoms with Crippen molar-refractivity contribution in [3.05, 3.63) is 59.2 Å². The van der Waals surface area contributed by atoms with Gasteiger partial charge in [0.05, 0.1) is 14.2 Å². The molecule has 24 heavy (non-hydrogen) atoms. The van der Waals surface area contributed by atoms with Gasteiger partial charge >= 0.3 is 0 Å². The number of aldehydes is 1. The molecular weight excluding hydrogens is 306 g/mol. The summed E-state index contributed by atoms with van der Waals surface area (Å²) < 4.78 is 10.8. The second-order valence-corrected chi connectivity index (χ2v) is 5.66. The third-order valence-corrected chi connectivity index (χ3v) is 4.61. The number of ether oxygens (including phenoxy) is 2. The van der Waals surface area contributed by atoms with Crippen LogP contribution in [0.3, 0.4) is 0 Å². The molecule has 0 spiro atoms. The zero-order valence-electron chi connectivity index (χ0n) is 13.7. The van der Waals surface area contributed by atoms with Crippen molar-refractivity contribution in [1.82, 2.24) is 4.90 Å². The molecule has 1 atom stereocenters. The van der Waals surface area contributed by atoms with Crippen molar-refractivity contribution in [2.75, 3.05) is 20.8 Å². The Hall–Kier alpha value is -2.82. The molecule has 0 fully saturated rings. The SMILES string of the molecule is COc1cc2c(cc1OC)[C@](C=O)(c1ccccc1)N(C=O)CC2. The molecule has 3 rings (SSSR count). The molecule has 0 aliphatic carbocycles. The van der Waals surface area contributed by atoms with Gasteiger partial charge in [-0.1, -0.05) is 30.3 Å². The predicted octanol–water partition coefficient (Wildman–Crippen LogP) is 2.16. The van der Waals surface area contributed by atoms with Crippen LogP contribution in [0.1, 0.15) is 16.7 Å². The monoisotopic (exact) mass is 325 g/mol. The Kier molecular flexibility index (Phi) is 4.25. The number of benzene rings is 2. The molecule has 0 N–H and O–H groups in total. The van der Waals surface area contributed by atoms with E-state index in [1.807, 2.05) is 36.4 Å². The lowest BCUT2D eigenvalue weighted by atomic mass is 9.76. The second kappa shape index (κ2) is 6.35. The highest BCUT2D eigenvalue weighted by molar-refractivity contribution is 5.80. The summed E-state index contributed by atoms with van der Waals surface area (Å²) in [7, 11) is 3.13. The van der Waals surface area contributed by atoms with Gasteiger partial charge in [-0.25, -0.2) is 0 Å². The van der Waals surface area contributed by atoms with Crippen molar-refractivity contribution >= 4 is 12.7 Å². The minimum atomic E-state index is -1.16. The van der Waals surface area contributed by atoms with Gasteiger partial charge in [-0.2, -0.15) is 0 Å². The Bertz CT molecular complexity index is 759. The molecule has 1 aliphatic heterocycles.